The number of nitrogens with zero attached hydrogens (tertiary/aromatic N) is 2. The summed E-state index contributed by atoms with van der Waals surface area (Å²) in [4.78, 5) is 16.5. The van der Waals surface area contributed by atoms with Crippen LogP contribution < -0.4 is 4.90 Å². The van der Waals surface area contributed by atoms with E-state index in [9.17, 15) is 9.18 Å². The topological polar surface area (TPSA) is 62.7 Å². The third kappa shape index (κ3) is 2.95. The molecule has 1 aliphatic heterocycles. The lowest BCUT2D eigenvalue weighted by atomic mass is 10.1. The van der Waals surface area contributed by atoms with Gasteiger partial charge in [-0.3, -0.25) is 0 Å². The monoisotopic (exact) mass is 256 g/mol. The molecule has 0 radical (unpaired) electrons. The number of carbonyl (C=O) groups is 1. The number of hydrogen-bond donors (Lipinski definition) is 1. The highest BCUT2D eigenvalue weighted by Gasteiger charge is 2.28. The third-order valence-corrected chi connectivity index (χ3v) is 2.40. The first-order chi connectivity index (χ1) is 8.61. The highest BCUT2D eigenvalue weighted by Crippen LogP contribution is 2.22. The zero-order valence-corrected chi connectivity index (χ0v) is 10.7. The van der Waals surface area contributed by atoms with Crippen molar-refractivity contribution in [2.45, 2.75) is 20.0 Å². The molecular formula is C12H17FN2O3. The van der Waals surface area contributed by atoms with E-state index in [-0.39, 0.29) is 11.4 Å². The van der Waals surface area contributed by atoms with Crippen molar-refractivity contribution in [2.24, 2.45) is 0 Å². The Kier molecular flexibility index (Phi) is 5.03. The standard InChI is InChI=1S/C10H11FN2O3.C2H6/c1-16-10(15)6-2-8(11)9(12-3-6)13-4-7(14)5-13;1-2/h2-3,7,14H,4-5H2,1H3;1-2H3. The second-order valence-corrected chi connectivity index (χ2v) is 3.58. The van der Waals surface area contributed by atoms with Gasteiger partial charge in [0.05, 0.1) is 18.8 Å². The van der Waals surface area contributed by atoms with E-state index in [1.165, 1.54) is 13.3 Å². The van der Waals surface area contributed by atoms with Crippen LogP contribution in [0.2, 0.25) is 0 Å². The Balaban J connectivity index is 0.000000771. The van der Waals surface area contributed by atoms with Crippen molar-refractivity contribution in [2.75, 3.05) is 25.1 Å². The fourth-order valence-corrected chi connectivity index (χ4v) is 1.52. The third-order valence-electron chi connectivity index (χ3n) is 2.40. The van der Waals surface area contributed by atoms with Crippen molar-refractivity contribution in [3.63, 3.8) is 0 Å². The second kappa shape index (κ2) is 6.30. The summed E-state index contributed by atoms with van der Waals surface area (Å²) in [5, 5.41) is 9.09. The number of rotatable bonds is 2. The average molecular weight is 256 g/mol. The molecule has 0 amide bonds. The van der Waals surface area contributed by atoms with E-state index in [0.717, 1.165) is 6.07 Å². The van der Waals surface area contributed by atoms with Crippen LogP contribution in [0.15, 0.2) is 12.3 Å². The van der Waals surface area contributed by atoms with Gasteiger partial charge < -0.3 is 14.7 Å². The van der Waals surface area contributed by atoms with Gasteiger partial charge in [-0.25, -0.2) is 14.2 Å². The fraction of sp³-hybridized carbons (Fsp3) is 0.500. The Morgan fingerprint density at radius 2 is 2.17 bits per heavy atom. The summed E-state index contributed by atoms with van der Waals surface area (Å²) in [5.74, 6) is -1.06. The number of aromatic nitrogens is 1. The van der Waals surface area contributed by atoms with Crippen LogP contribution in [-0.4, -0.2) is 42.4 Å². The maximum atomic E-state index is 13.6. The van der Waals surface area contributed by atoms with Crippen LogP contribution >= 0.6 is 0 Å². The van der Waals surface area contributed by atoms with Gasteiger partial charge in [0.25, 0.3) is 0 Å². The Morgan fingerprint density at radius 3 is 2.61 bits per heavy atom. The molecule has 1 N–H and O–H groups in total. The first-order valence-corrected chi connectivity index (χ1v) is 5.78. The van der Waals surface area contributed by atoms with Gasteiger partial charge in [0, 0.05) is 19.3 Å². The summed E-state index contributed by atoms with van der Waals surface area (Å²) >= 11 is 0. The number of esters is 1. The van der Waals surface area contributed by atoms with Crippen LogP contribution in [0.1, 0.15) is 24.2 Å². The molecule has 0 atom stereocenters. The maximum Gasteiger partial charge on any atom is 0.339 e. The van der Waals surface area contributed by atoms with Gasteiger partial charge in [-0.15, -0.1) is 0 Å². The summed E-state index contributed by atoms with van der Waals surface area (Å²) in [6.45, 7) is 4.73. The van der Waals surface area contributed by atoms with Crippen LogP contribution in [0.25, 0.3) is 0 Å². The van der Waals surface area contributed by atoms with Crippen molar-refractivity contribution in [1.82, 2.24) is 4.98 Å². The normalized spacial score (nSPS) is 14.4. The van der Waals surface area contributed by atoms with E-state index >= 15 is 0 Å². The van der Waals surface area contributed by atoms with E-state index in [0.29, 0.717) is 13.1 Å². The first-order valence-electron chi connectivity index (χ1n) is 5.78. The van der Waals surface area contributed by atoms with Crippen molar-refractivity contribution >= 4 is 11.8 Å². The summed E-state index contributed by atoms with van der Waals surface area (Å²) in [6, 6.07) is 1.08. The van der Waals surface area contributed by atoms with Crippen molar-refractivity contribution in [1.29, 1.82) is 0 Å². The fourth-order valence-electron chi connectivity index (χ4n) is 1.52. The molecule has 1 aromatic rings. The Hall–Kier alpha value is -1.69. The number of methoxy groups -OCH3 is 1. The molecule has 1 fully saturated rings. The molecule has 2 rings (SSSR count). The minimum atomic E-state index is -0.624. The second-order valence-electron chi connectivity index (χ2n) is 3.58. The number of anilines is 1. The molecule has 0 aromatic carbocycles. The molecular weight excluding hydrogens is 239 g/mol. The van der Waals surface area contributed by atoms with Crippen LogP contribution in [0.5, 0.6) is 0 Å². The van der Waals surface area contributed by atoms with Gasteiger partial charge in [-0.2, -0.15) is 0 Å². The molecule has 1 saturated heterocycles. The van der Waals surface area contributed by atoms with E-state index in [1.807, 2.05) is 13.8 Å². The molecule has 18 heavy (non-hydrogen) atoms. The number of aliphatic hydroxyl groups excluding tert-OH is 1. The van der Waals surface area contributed by atoms with E-state index < -0.39 is 17.9 Å². The van der Waals surface area contributed by atoms with Gasteiger partial charge >= 0.3 is 5.97 Å². The van der Waals surface area contributed by atoms with Gasteiger partial charge in [0.1, 0.15) is 0 Å². The molecule has 100 valence electrons. The summed E-state index contributed by atoms with van der Waals surface area (Å²) in [6.07, 6.45) is 0.830. The Morgan fingerprint density at radius 1 is 1.56 bits per heavy atom. The molecule has 1 aliphatic rings. The molecule has 6 heteroatoms. The maximum absolute atomic E-state index is 13.6. The molecule has 0 spiro atoms. The lowest BCUT2D eigenvalue weighted by Crippen LogP contribution is -2.51. The lowest BCUT2D eigenvalue weighted by molar-refractivity contribution is 0.0599. The summed E-state index contributed by atoms with van der Waals surface area (Å²) < 4.78 is 18.0. The molecule has 0 aliphatic carbocycles. The summed E-state index contributed by atoms with van der Waals surface area (Å²) in [7, 11) is 1.22. The smallest absolute Gasteiger partial charge is 0.339 e. The number of ether oxygens (including phenoxy) is 1. The predicted octanol–water partition coefficient (Wildman–Crippen LogP) is 1.21. The molecule has 2 heterocycles. The minimum absolute atomic E-state index is 0.0739. The Bertz CT molecular complexity index is 420. The lowest BCUT2D eigenvalue weighted by Gasteiger charge is -2.36. The van der Waals surface area contributed by atoms with Crippen molar-refractivity contribution < 1.29 is 19.0 Å². The zero-order valence-electron chi connectivity index (χ0n) is 10.7. The number of pyridine rings is 1. The molecule has 0 saturated carbocycles. The summed E-state index contributed by atoms with van der Waals surface area (Å²) in [5.41, 5.74) is 0.0739. The van der Waals surface area contributed by atoms with Crippen LogP contribution in [0.4, 0.5) is 10.2 Å². The SMILES string of the molecule is CC.COC(=O)c1cnc(N2CC(O)C2)c(F)c1. The first kappa shape index (κ1) is 14.4. The van der Waals surface area contributed by atoms with Gasteiger partial charge in [0.2, 0.25) is 0 Å². The van der Waals surface area contributed by atoms with Crippen LogP contribution in [0.3, 0.4) is 0 Å². The van der Waals surface area contributed by atoms with E-state index in [4.69, 9.17) is 5.11 Å². The number of carbonyl (C=O) groups excluding carboxylic acids is 1. The molecule has 0 unspecified atom stereocenters. The number of aliphatic hydroxyl groups is 1. The van der Waals surface area contributed by atoms with E-state index in [2.05, 4.69) is 9.72 Å². The molecule has 1 aromatic heterocycles. The molecule has 0 bridgehead atoms. The number of halogens is 1. The van der Waals surface area contributed by atoms with Gasteiger partial charge in [-0.05, 0) is 6.07 Å². The van der Waals surface area contributed by atoms with Gasteiger partial charge in [0.15, 0.2) is 11.6 Å². The van der Waals surface area contributed by atoms with Crippen LogP contribution in [-0.2, 0) is 4.74 Å². The zero-order chi connectivity index (χ0) is 13.7. The van der Waals surface area contributed by atoms with Crippen molar-refractivity contribution in [3.05, 3.63) is 23.6 Å². The largest absolute Gasteiger partial charge is 0.465 e. The highest BCUT2D eigenvalue weighted by molar-refractivity contribution is 5.89. The Labute approximate surface area is 105 Å². The predicted molar refractivity (Wildman–Crippen MR) is 65.1 cm³/mol. The quantitative estimate of drug-likeness (QED) is 0.806. The number of hydrogen-bond acceptors (Lipinski definition) is 5. The highest BCUT2D eigenvalue weighted by atomic mass is 19.1. The van der Waals surface area contributed by atoms with Crippen LogP contribution in [0, 0.1) is 5.82 Å². The van der Waals surface area contributed by atoms with E-state index in [1.54, 1.807) is 4.90 Å². The average Bonchev–Trinajstić information content (AvgIpc) is 2.37. The molecule has 5 nitrogen and oxygen atoms in total. The minimum Gasteiger partial charge on any atom is -0.465 e. The number of β-amino-alcohol motifs (C(OH)–C–C–N with tert-alkyl or cyclic N) is 1. The van der Waals surface area contributed by atoms with Gasteiger partial charge in [-0.1, -0.05) is 13.8 Å². The van der Waals surface area contributed by atoms with Crippen molar-refractivity contribution in [3.8, 4) is 0 Å².